The van der Waals surface area contributed by atoms with Crippen molar-refractivity contribution >= 4 is 43.6 Å². The van der Waals surface area contributed by atoms with E-state index in [1.165, 1.54) is 77.1 Å². The predicted octanol–water partition coefficient (Wildman–Crippen LogP) is 12.7. The number of allylic oxidation sites excluding steroid dienone is 4. The molecule has 2 heteroatoms. The van der Waals surface area contributed by atoms with Crippen LogP contribution in [0.5, 0.6) is 0 Å². The van der Waals surface area contributed by atoms with Gasteiger partial charge in [-0.25, -0.2) is 0 Å². The highest BCUT2D eigenvalue weighted by atomic mass is 15.0. The number of para-hydroxylation sites is 3. The number of benzene rings is 7. The van der Waals surface area contributed by atoms with E-state index in [2.05, 4.69) is 203 Å². The third kappa shape index (κ3) is 4.35. The summed E-state index contributed by atoms with van der Waals surface area (Å²) in [6.45, 7) is 0. The van der Waals surface area contributed by atoms with Crippen molar-refractivity contribution in [3.05, 3.63) is 200 Å². The summed E-state index contributed by atoms with van der Waals surface area (Å²) in [5.41, 5.74) is 12.4. The lowest BCUT2D eigenvalue weighted by atomic mass is 9.88. The molecule has 0 saturated carbocycles. The number of hydrogen-bond donors (Lipinski definition) is 0. The summed E-state index contributed by atoms with van der Waals surface area (Å²) < 4.78 is 5.04. The normalized spacial score (nSPS) is 15.8. The van der Waals surface area contributed by atoms with Crippen LogP contribution in [0.25, 0.3) is 71.6 Å². The van der Waals surface area contributed by atoms with Crippen LogP contribution in [0.3, 0.4) is 0 Å². The van der Waals surface area contributed by atoms with Crippen LogP contribution in [0.4, 0.5) is 0 Å². The van der Waals surface area contributed by atoms with Gasteiger partial charge < -0.3 is 9.13 Å². The maximum atomic E-state index is 2.57. The lowest BCUT2D eigenvalue weighted by Gasteiger charge is -2.28. The molecule has 0 amide bonds. The van der Waals surface area contributed by atoms with Gasteiger partial charge in [0.25, 0.3) is 0 Å². The van der Waals surface area contributed by atoms with Gasteiger partial charge in [-0.3, -0.25) is 0 Å². The van der Waals surface area contributed by atoms with Crippen LogP contribution >= 0.6 is 0 Å². The molecule has 2 atom stereocenters. The molecular weight excluding hydrogens is 605 g/mol. The molecule has 0 bridgehead atoms. The van der Waals surface area contributed by atoms with Gasteiger partial charge in [0.1, 0.15) is 0 Å². The van der Waals surface area contributed by atoms with E-state index < -0.39 is 0 Å². The number of rotatable bonds is 5. The van der Waals surface area contributed by atoms with Crippen molar-refractivity contribution in [3.8, 4) is 27.9 Å². The quantitative estimate of drug-likeness (QED) is 0.178. The zero-order valence-corrected chi connectivity index (χ0v) is 27.5. The van der Waals surface area contributed by atoms with E-state index in [-0.39, 0.29) is 12.0 Å². The molecule has 7 aromatic carbocycles. The van der Waals surface area contributed by atoms with E-state index in [0.29, 0.717) is 0 Å². The maximum absolute atomic E-state index is 2.57. The summed E-state index contributed by atoms with van der Waals surface area (Å²) in [5, 5.41) is 5.11. The van der Waals surface area contributed by atoms with Crippen LogP contribution in [-0.2, 0) is 0 Å². The highest BCUT2D eigenvalue weighted by molar-refractivity contribution is 6.22. The zero-order valence-electron chi connectivity index (χ0n) is 27.5. The van der Waals surface area contributed by atoms with E-state index in [4.69, 9.17) is 0 Å². The molecule has 0 N–H and O–H groups in total. The fourth-order valence-corrected chi connectivity index (χ4v) is 8.45. The fourth-order valence-electron chi connectivity index (χ4n) is 8.45. The number of aromatic nitrogens is 2. The van der Waals surface area contributed by atoms with Gasteiger partial charge in [-0.2, -0.15) is 0 Å². The Kier molecular flexibility index (Phi) is 6.67. The van der Waals surface area contributed by atoms with Crippen molar-refractivity contribution in [1.29, 1.82) is 0 Å². The molecule has 0 spiro atoms. The second-order valence-electron chi connectivity index (χ2n) is 13.2. The first kappa shape index (κ1) is 28.6. The Hall–Kier alpha value is -6.38. The average Bonchev–Trinajstić information content (AvgIpc) is 3.72. The summed E-state index contributed by atoms with van der Waals surface area (Å²) in [6, 6.07) is 62.1. The van der Waals surface area contributed by atoms with Crippen LogP contribution < -0.4 is 0 Å². The molecule has 0 radical (unpaired) electrons. The lowest BCUT2D eigenvalue weighted by Crippen LogP contribution is -2.16. The summed E-state index contributed by atoms with van der Waals surface area (Å²) in [5.74, 6) is 0.231. The van der Waals surface area contributed by atoms with Gasteiger partial charge in [0.15, 0.2) is 0 Å². The molecule has 0 fully saturated rings. The molecule has 2 aromatic heterocycles. The zero-order chi connectivity index (χ0) is 33.0. The minimum Gasteiger partial charge on any atom is -0.332 e. The molecule has 0 saturated heterocycles. The lowest BCUT2D eigenvalue weighted by molar-refractivity contribution is 0.576. The van der Waals surface area contributed by atoms with E-state index >= 15 is 0 Å². The fraction of sp³-hybridized carbons (Fsp3) is 0.0417. The van der Waals surface area contributed by atoms with Gasteiger partial charge in [0.05, 0.1) is 28.3 Å². The Labute approximate surface area is 291 Å². The first-order valence-electron chi connectivity index (χ1n) is 17.5. The molecule has 236 valence electrons. The molecule has 0 aliphatic heterocycles. The Morgan fingerprint density at radius 2 is 0.920 bits per heavy atom. The second kappa shape index (κ2) is 11.6. The Morgan fingerprint density at radius 3 is 1.70 bits per heavy atom. The standard InChI is InChI=1S/C48H34N2/c1-3-17-33(18-4-1)35-21-7-11-27-41(35)49-43-29-13-9-23-39(43)47-37(25-15-31-45(47)49)38-26-16-32-46-48(38)40-24-10-14-30-44(40)50(46)42-28-12-8-22-36(42)34-19-5-2-6-20-34/h1-32,35,41H. The van der Waals surface area contributed by atoms with Crippen LogP contribution in [0.2, 0.25) is 0 Å². The van der Waals surface area contributed by atoms with E-state index in [9.17, 15) is 0 Å². The van der Waals surface area contributed by atoms with Gasteiger partial charge in [0, 0.05) is 38.5 Å². The molecule has 2 nitrogen and oxygen atoms in total. The third-order valence-electron chi connectivity index (χ3n) is 10.5. The molecular formula is C48H34N2. The van der Waals surface area contributed by atoms with E-state index in [1.54, 1.807) is 0 Å². The predicted molar refractivity (Wildman–Crippen MR) is 211 cm³/mol. The minimum absolute atomic E-state index is 0.146. The van der Waals surface area contributed by atoms with Crippen molar-refractivity contribution in [2.45, 2.75) is 12.0 Å². The smallest absolute Gasteiger partial charge is 0.0629 e. The maximum Gasteiger partial charge on any atom is 0.0629 e. The Morgan fingerprint density at radius 1 is 0.380 bits per heavy atom. The van der Waals surface area contributed by atoms with Gasteiger partial charge in [0.2, 0.25) is 0 Å². The number of fused-ring (bicyclic) bond motifs is 6. The summed E-state index contributed by atoms with van der Waals surface area (Å²) in [4.78, 5) is 0. The summed E-state index contributed by atoms with van der Waals surface area (Å²) >= 11 is 0. The number of nitrogens with zero attached hydrogens (tertiary/aromatic N) is 2. The largest absolute Gasteiger partial charge is 0.332 e. The molecule has 1 aliphatic rings. The molecule has 9 aromatic rings. The Balaban J connectivity index is 1.26. The van der Waals surface area contributed by atoms with Gasteiger partial charge >= 0.3 is 0 Å². The highest BCUT2D eigenvalue weighted by Crippen LogP contribution is 2.46. The SMILES string of the molecule is C1=CC(c2ccccc2)C(n2c3ccccc3c3c(-c4cccc5c4c4ccccc4n5-c4ccccc4-c4ccccc4)cccc32)C=C1. The molecule has 10 rings (SSSR count). The van der Waals surface area contributed by atoms with E-state index in [0.717, 1.165) is 0 Å². The van der Waals surface area contributed by atoms with Crippen LogP contribution in [0, 0.1) is 0 Å². The summed E-state index contributed by atoms with van der Waals surface area (Å²) in [7, 11) is 0. The van der Waals surface area contributed by atoms with Crippen molar-refractivity contribution in [1.82, 2.24) is 9.13 Å². The van der Waals surface area contributed by atoms with E-state index in [1.807, 2.05) is 0 Å². The first-order valence-corrected chi connectivity index (χ1v) is 17.5. The third-order valence-corrected chi connectivity index (χ3v) is 10.5. The van der Waals surface area contributed by atoms with Crippen molar-refractivity contribution in [2.75, 3.05) is 0 Å². The molecule has 1 aliphatic carbocycles. The molecule has 2 unspecified atom stereocenters. The van der Waals surface area contributed by atoms with Crippen molar-refractivity contribution in [2.24, 2.45) is 0 Å². The van der Waals surface area contributed by atoms with Crippen molar-refractivity contribution < 1.29 is 0 Å². The highest BCUT2D eigenvalue weighted by Gasteiger charge is 2.27. The van der Waals surface area contributed by atoms with Crippen LogP contribution in [-0.4, -0.2) is 9.13 Å². The van der Waals surface area contributed by atoms with Gasteiger partial charge in [-0.1, -0.05) is 164 Å². The van der Waals surface area contributed by atoms with Crippen LogP contribution in [0.15, 0.2) is 194 Å². The summed E-state index contributed by atoms with van der Waals surface area (Å²) in [6.07, 6.45) is 9.12. The van der Waals surface area contributed by atoms with Crippen molar-refractivity contribution in [3.63, 3.8) is 0 Å². The van der Waals surface area contributed by atoms with Crippen LogP contribution in [0.1, 0.15) is 17.5 Å². The monoisotopic (exact) mass is 638 g/mol. The topological polar surface area (TPSA) is 9.86 Å². The Bertz CT molecular complexity index is 2760. The minimum atomic E-state index is 0.146. The molecule has 2 heterocycles. The second-order valence-corrected chi connectivity index (χ2v) is 13.2. The average molecular weight is 639 g/mol. The van der Waals surface area contributed by atoms with Gasteiger partial charge in [-0.05, 0) is 52.6 Å². The van der Waals surface area contributed by atoms with Gasteiger partial charge in [-0.15, -0.1) is 0 Å². The number of hydrogen-bond acceptors (Lipinski definition) is 0. The first-order chi connectivity index (χ1) is 24.9. The molecule has 50 heavy (non-hydrogen) atoms.